The first-order valence-electron chi connectivity index (χ1n) is 10.4. The van der Waals surface area contributed by atoms with Crippen LogP contribution in [0.25, 0.3) is 0 Å². The zero-order valence-corrected chi connectivity index (χ0v) is 18.3. The average Bonchev–Trinajstić information content (AvgIpc) is 3.02. The van der Waals surface area contributed by atoms with E-state index in [0.717, 1.165) is 11.0 Å². The van der Waals surface area contributed by atoms with Crippen LogP contribution in [0.3, 0.4) is 0 Å². The van der Waals surface area contributed by atoms with Gasteiger partial charge >= 0.3 is 11.9 Å². The summed E-state index contributed by atoms with van der Waals surface area (Å²) in [4.78, 5) is 61.5. The van der Waals surface area contributed by atoms with Crippen molar-refractivity contribution in [3.63, 3.8) is 0 Å². The van der Waals surface area contributed by atoms with E-state index in [1.54, 1.807) is 24.3 Å². The molecule has 0 spiro atoms. The molecular weight excluding hydrogens is 416 g/mol. The van der Waals surface area contributed by atoms with E-state index in [-0.39, 0.29) is 44.4 Å². The number of hydrogen-bond donors (Lipinski definition) is 1. The van der Waals surface area contributed by atoms with Crippen LogP contribution in [0.1, 0.15) is 53.8 Å². The van der Waals surface area contributed by atoms with Crippen molar-refractivity contribution in [1.82, 2.24) is 10.2 Å². The lowest BCUT2D eigenvalue weighted by atomic mass is 10.0. The Hall–Kier alpha value is -3.49. The minimum atomic E-state index is -0.632. The van der Waals surface area contributed by atoms with Crippen LogP contribution >= 0.6 is 0 Å². The third-order valence-corrected chi connectivity index (χ3v) is 4.75. The van der Waals surface area contributed by atoms with Crippen LogP contribution in [0.15, 0.2) is 36.9 Å². The van der Waals surface area contributed by atoms with Gasteiger partial charge in [0.15, 0.2) is 0 Å². The average molecular weight is 444 g/mol. The van der Waals surface area contributed by atoms with E-state index in [9.17, 15) is 24.0 Å². The first-order valence-corrected chi connectivity index (χ1v) is 10.4. The molecule has 1 aliphatic heterocycles. The molecule has 9 heteroatoms. The number of ether oxygens (including phenoxy) is 2. The molecule has 0 fully saturated rings. The van der Waals surface area contributed by atoms with E-state index in [4.69, 9.17) is 9.47 Å². The topological polar surface area (TPSA) is 119 Å². The van der Waals surface area contributed by atoms with Gasteiger partial charge in [-0.15, -0.1) is 0 Å². The molecule has 172 valence electrons. The highest BCUT2D eigenvalue weighted by molar-refractivity contribution is 6.21. The summed E-state index contributed by atoms with van der Waals surface area (Å²) in [6, 6.07) is 5.98. The number of rotatable bonds is 12. The Kier molecular flexibility index (Phi) is 9.12. The first-order chi connectivity index (χ1) is 15.2. The van der Waals surface area contributed by atoms with Crippen LogP contribution in [-0.4, -0.2) is 60.4 Å². The molecular formula is C23H28N2O7. The van der Waals surface area contributed by atoms with Gasteiger partial charge in [0.1, 0.15) is 13.2 Å². The van der Waals surface area contributed by atoms with Crippen LogP contribution in [0.2, 0.25) is 0 Å². The summed E-state index contributed by atoms with van der Waals surface area (Å²) in [5, 5.41) is 2.46. The van der Waals surface area contributed by atoms with Crippen molar-refractivity contribution in [3.05, 3.63) is 48.0 Å². The van der Waals surface area contributed by atoms with Crippen molar-refractivity contribution in [3.8, 4) is 0 Å². The predicted octanol–water partition coefficient (Wildman–Crippen LogP) is 1.87. The molecule has 0 saturated heterocycles. The summed E-state index contributed by atoms with van der Waals surface area (Å²) in [7, 11) is 0. The highest BCUT2D eigenvalue weighted by Crippen LogP contribution is 2.27. The van der Waals surface area contributed by atoms with E-state index in [0.29, 0.717) is 17.5 Å². The third-order valence-electron chi connectivity index (χ3n) is 4.75. The van der Waals surface area contributed by atoms with E-state index in [2.05, 4.69) is 11.9 Å². The highest BCUT2D eigenvalue weighted by Gasteiger charge is 2.40. The summed E-state index contributed by atoms with van der Waals surface area (Å²) in [6.45, 7) is 7.16. The second-order valence-corrected chi connectivity index (χ2v) is 7.71. The van der Waals surface area contributed by atoms with E-state index >= 15 is 0 Å². The van der Waals surface area contributed by atoms with Gasteiger partial charge in [0.05, 0.1) is 36.6 Å². The molecule has 1 heterocycles. The summed E-state index contributed by atoms with van der Waals surface area (Å²) in [5.41, 5.74) is 0.675. The van der Waals surface area contributed by atoms with Crippen LogP contribution in [0.5, 0.6) is 0 Å². The number of imide groups is 1. The predicted molar refractivity (Wildman–Crippen MR) is 115 cm³/mol. The summed E-state index contributed by atoms with van der Waals surface area (Å²) < 4.78 is 10.2. The van der Waals surface area contributed by atoms with Crippen LogP contribution in [-0.2, 0) is 23.9 Å². The molecule has 1 unspecified atom stereocenters. The van der Waals surface area contributed by atoms with Gasteiger partial charge < -0.3 is 14.8 Å². The summed E-state index contributed by atoms with van der Waals surface area (Å²) in [5.74, 6) is -2.27. The Labute approximate surface area is 186 Å². The van der Waals surface area contributed by atoms with Gasteiger partial charge in [0, 0.05) is 0 Å². The van der Waals surface area contributed by atoms with Crippen LogP contribution in [0, 0.1) is 5.92 Å². The minimum absolute atomic E-state index is 0.0241. The normalized spacial score (nSPS) is 13.5. The smallest absolute Gasteiger partial charge is 0.306 e. The fourth-order valence-corrected chi connectivity index (χ4v) is 3.28. The number of carbonyl (C=O) groups is 5. The van der Waals surface area contributed by atoms with E-state index in [1.807, 2.05) is 13.8 Å². The number of benzene rings is 1. The molecule has 32 heavy (non-hydrogen) atoms. The van der Waals surface area contributed by atoms with E-state index in [1.165, 1.54) is 0 Å². The minimum Gasteiger partial charge on any atom is -0.464 e. The largest absolute Gasteiger partial charge is 0.464 e. The molecule has 0 saturated carbocycles. The lowest BCUT2D eigenvalue weighted by molar-refractivity contribution is -0.151. The molecule has 3 amide bonds. The lowest BCUT2D eigenvalue weighted by Crippen LogP contribution is -2.43. The molecule has 0 radical (unpaired) electrons. The lowest BCUT2D eigenvalue weighted by Gasteiger charge is -2.27. The van der Waals surface area contributed by atoms with Gasteiger partial charge in [0.2, 0.25) is 5.91 Å². The monoisotopic (exact) mass is 444 g/mol. The molecule has 0 aliphatic carbocycles. The van der Waals surface area contributed by atoms with Crippen molar-refractivity contribution in [2.45, 2.75) is 39.2 Å². The molecule has 9 nitrogen and oxygen atoms in total. The molecule has 1 aromatic rings. The fraction of sp³-hybridized carbons (Fsp3) is 0.435. The van der Waals surface area contributed by atoms with Crippen molar-refractivity contribution in [1.29, 1.82) is 0 Å². The number of hydrogen-bond acceptors (Lipinski definition) is 7. The Morgan fingerprint density at radius 2 is 1.59 bits per heavy atom. The van der Waals surface area contributed by atoms with Crippen molar-refractivity contribution >= 4 is 29.7 Å². The number of nitrogens with one attached hydrogen (secondary N) is 1. The Morgan fingerprint density at radius 1 is 1.03 bits per heavy atom. The van der Waals surface area contributed by atoms with Gasteiger partial charge in [-0.3, -0.25) is 28.9 Å². The Balaban J connectivity index is 1.84. The van der Waals surface area contributed by atoms with Gasteiger partial charge in [-0.1, -0.05) is 32.6 Å². The molecule has 1 atom stereocenters. The fourth-order valence-electron chi connectivity index (χ4n) is 3.28. The maximum absolute atomic E-state index is 12.7. The van der Waals surface area contributed by atoms with Crippen molar-refractivity contribution in [2.24, 2.45) is 5.92 Å². The number of nitrogens with zero attached hydrogens (tertiary/aromatic N) is 1. The third kappa shape index (κ3) is 6.76. The molecule has 0 aromatic heterocycles. The Bertz CT molecular complexity index is 859. The Morgan fingerprint density at radius 3 is 2.12 bits per heavy atom. The molecule has 1 aliphatic rings. The first kappa shape index (κ1) is 24.8. The van der Waals surface area contributed by atoms with Crippen molar-refractivity contribution < 1.29 is 33.4 Å². The van der Waals surface area contributed by atoms with Gasteiger partial charge in [-0.25, -0.2) is 0 Å². The van der Waals surface area contributed by atoms with Gasteiger partial charge in [0.25, 0.3) is 11.8 Å². The van der Waals surface area contributed by atoms with E-state index < -0.39 is 29.8 Å². The zero-order chi connectivity index (χ0) is 23.7. The quantitative estimate of drug-likeness (QED) is 0.226. The second kappa shape index (κ2) is 11.8. The molecule has 2 rings (SSSR count). The maximum atomic E-state index is 12.7. The zero-order valence-electron chi connectivity index (χ0n) is 18.3. The number of fused-ring (bicyclic) bond motifs is 1. The number of esters is 2. The van der Waals surface area contributed by atoms with Crippen LogP contribution in [0.4, 0.5) is 0 Å². The van der Waals surface area contributed by atoms with Crippen LogP contribution < -0.4 is 5.32 Å². The molecule has 1 aromatic carbocycles. The second-order valence-electron chi connectivity index (χ2n) is 7.71. The molecule has 0 bridgehead atoms. The SMILES string of the molecule is C=CC(=O)NCCOC(=O)CCC(=O)OCC(CC(C)C)N1C(=O)c2ccccc2C1=O. The highest BCUT2D eigenvalue weighted by atomic mass is 16.5. The molecule has 1 N–H and O–H groups in total. The van der Waals surface area contributed by atoms with Crippen molar-refractivity contribution in [2.75, 3.05) is 19.8 Å². The standard InChI is InChI=1S/C23H28N2O7/c1-4-19(26)24-11-12-31-20(27)9-10-21(28)32-14-16(13-15(2)3)25-22(29)17-7-5-6-8-18(17)23(25)30/h4-8,15-16H,1,9-14H2,2-3H3,(H,24,26). The maximum Gasteiger partial charge on any atom is 0.306 e. The van der Waals surface area contributed by atoms with Gasteiger partial charge in [-0.05, 0) is 30.5 Å². The number of amides is 3. The summed E-state index contributed by atoms with van der Waals surface area (Å²) >= 11 is 0. The van der Waals surface area contributed by atoms with Gasteiger partial charge in [-0.2, -0.15) is 0 Å². The summed E-state index contributed by atoms with van der Waals surface area (Å²) in [6.07, 6.45) is 1.19. The number of carbonyl (C=O) groups excluding carboxylic acids is 5.